The van der Waals surface area contributed by atoms with Crippen molar-refractivity contribution < 1.29 is 9.90 Å². The van der Waals surface area contributed by atoms with Gasteiger partial charge < -0.3 is 19.8 Å². The highest BCUT2D eigenvalue weighted by atomic mass is 16.3. The molecule has 3 heterocycles. The molecule has 0 unspecified atom stereocenters. The summed E-state index contributed by atoms with van der Waals surface area (Å²) in [5.41, 5.74) is 1.22. The van der Waals surface area contributed by atoms with Crippen LogP contribution < -0.4 is 4.90 Å². The van der Waals surface area contributed by atoms with Crippen molar-refractivity contribution in [1.29, 1.82) is 0 Å². The molecule has 26 heavy (non-hydrogen) atoms. The highest BCUT2D eigenvalue weighted by Crippen LogP contribution is 2.26. The topological polar surface area (TPSA) is 72.8 Å². The molecule has 0 bridgehead atoms. The molecule has 0 aromatic carbocycles. The zero-order valence-electron chi connectivity index (χ0n) is 16.6. The van der Waals surface area contributed by atoms with E-state index in [1.54, 1.807) is 4.90 Å². The minimum atomic E-state index is -0.678. The maximum atomic E-state index is 12.9. The number of aromatic nitrogens is 2. The summed E-state index contributed by atoms with van der Waals surface area (Å²) >= 11 is 0. The Balaban J connectivity index is 1.81. The van der Waals surface area contributed by atoms with Gasteiger partial charge in [0.2, 0.25) is 5.82 Å². The Morgan fingerprint density at radius 3 is 2.42 bits per heavy atom. The van der Waals surface area contributed by atoms with Gasteiger partial charge >= 0.3 is 0 Å². The van der Waals surface area contributed by atoms with Gasteiger partial charge in [0.15, 0.2) is 0 Å². The molecule has 2 aliphatic heterocycles. The lowest BCUT2D eigenvalue weighted by Crippen LogP contribution is -2.45. The molecule has 0 aliphatic carbocycles. The van der Waals surface area contributed by atoms with Gasteiger partial charge in [-0.15, -0.1) is 0 Å². The number of carbonyl (C=O) groups excluding carboxylic acids is 1. The van der Waals surface area contributed by atoms with E-state index in [2.05, 4.69) is 33.9 Å². The molecular weight excluding hydrogens is 330 g/mol. The number of rotatable bonds is 3. The minimum absolute atomic E-state index is 0.131. The van der Waals surface area contributed by atoms with Crippen molar-refractivity contribution >= 4 is 11.7 Å². The van der Waals surface area contributed by atoms with Gasteiger partial charge in [0, 0.05) is 43.5 Å². The molecule has 1 atom stereocenters. The number of likely N-dealkylation sites (tertiary alicyclic amines) is 1. The zero-order chi connectivity index (χ0) is 19.1. The number of anilines is 1. The molecule has 144 valence electrons. The highest BCUT2D eigenvalue weighted by Gasteiger charge is 2.32. The normalized spacial score (nSPS) is 23.0. The lowest BCUT2D eigenvalue weighted by atomic mass is 9.94. The van der Waals surface area contributed by atoms with E-state index >= 15 is 0 Å². The van der Waals surface area contributed by atoms with Gasteiger partial charge in [-0.3, -0.25) is 4.79 Å². The van der Waals surface area contributed by atoms with Crippen molar-refractivity contribution in [3.8, 4) is 0 Å². The third kappa shape index (κ3) is 3.83. The summed E-state index contributed by atoms with van der Waals surface area (Å²) < 4.78 is 0. The Morgan fingerprint density at radius 1 is 1.19 bits per heavy atom. The maximum absolute atomic E-state index is 12.9. The van der Waals surface area contributed by atoms with E-state index in [1.165, 1.54) is 0 Å². The number of likely N-dealkylation sites (N-methyl/N-ethyl adjacent to an activating group) is 1. The SMILES string of the molecule is Cc1nc(C(=O)N2CCC(C)(O)CC2)nc(N2CC[C@@H](N(C)C)C2)c1C. The molecular formula is C19H31N5O2. The summed E-state index contributed by atoms with van der Waals surface area (Å²) in [6.45, 7) is 8.75. The van der Waals surface area contributed by atoms with Gasteiger partial charge in [-0.1, -0.05) is 0 Å². The molecule has 0 spiro atoms. The summed E-state index contributed by atoms with van der Waals surface area (Å²) in [5, 5.41) is 10.1. The number of carbonyl (C=O) groups is 1. The lowest BCUT2D eigenvalue weighted by Gasteiger charge is -2.35. The van der Waals surface area contributed by atoms with E-state index in [-0.39, 0.29) is 11.7 Å². The van der Waals surface area contributed by atoms with Crippen LogP contribution in [0.15, 0.2) is 0 Å². The molecule has 2 fully saturated rings. The number of nitrogens with zero attached hydrogens (tertiary/aromatic N) is 5. The van der Waals surface area contributed by atoms with Crippen LogP contribution in [-0.4, -0.2) is 82.7 Å². The molecule has 1 aromatic rings. The second kappa shape index (κ2) is 7.12. The molecule has 1 amide bonds. The van der Waals surface area contributed by atoms with Crippen LogP contribution >= 0.6 is 0 Å². The Kier molecular flexibility index (Phi) is 5.21. The van der Waals surface area contributed by atoms with Crippen LogP contribution in [0, 0.1) is 13.8 Å². The zero-order valence-corrected chi connectivity index (χ0v) is 16.6. The number of aryl methyl sites for hydroxylation is 1. The first kappa shape index (κ1) is 19.0. The Morgan fingerprint density at radius 2 is 1.85 bits per heavy atom. The summed E-state index contributed by atoms with van der Waals surface area (Å²) in [6.07, 6.45) is 2.28. The number of hydrogen-bond acceptors (Lipinski definition) is 6. The predicted octanol–water partition coefficient (Wildman–Crippen LogP) is 1.22. The molecule has 7 heteroatoms. The van der Waals surface area contributed by atoms with Crippen LogP contribution in [0.1, 0.15) is 48.1 Å². The number of piperidine rings is 1. The molecule has 0 saturated carbocycles. The third-order valence-corrected chi connectivity index (χ3v) is 5.88. The van der Waals surface area contributed by atoms with Crippen LogP contribution in [0.4, 0.5) is 5.82 Å². The van der Waals surface area contributed by atoms with Gasteiger partial charge in [-0.25, -0.2) is 9.97 Å². The molecule has 2 saturated heterocycles. The molecule has 3 rings (SSSR count). The third-order valence-electron chi connectivity index (χ3n) is 5.88. The molecule has 0 radical (unpaired) electrons. The van der Waals surface area contributed by atoms with Gasteiger partial charge in [0.1, 0.15) is 5.82 Å². The smallest absolute Gasteiger partial charge is 0.291 e. The number of amides is 1. The largest absolute Gasteiger partial charge is 0.390 e. The predicted molar refractivity (Wildman–Crippen MR) is 102 cm³/mol. The number of hydrogen-bond donors (Lipinski definition) is 1. The molecule has 1 N–H and O–H groups in total. The van der Waals surface area contributed by atoms with Crippen LogP contribution in [-0.2, 0) is 0 Å². The van der Waals surface area contributed by atoms with Crippen LogP contribution in [0.5, 0.6) is 0 Å². The quantitative estimate of drug-likeness (QED) is 0.873. The van der Waals surface area contributed by atoms with Crippen molar-refractivity contribution in [2.75, 3.05) is 45.2 Å². The van der Waals surface area contributed by atoms with Crippen LogP contribution in [0.2, 0.25) is 0 Å². The highest BCUT2D eigenvalue weighted by molar-refractivity contribution is 5.91. The summed E-state index contributed by atoms with van der Waals surface area (Å²) in [7, 11) is 4.21. The van der Waals surface area contributed by atoms with E-state index in [4.69, 9.17) is 0 Å². The minimum Gasteiger partial charge on any atom is -0.390 e. The number of aliphatic hydroxyl groups is 1. The first-order valence-corrected chi connectivity index (χ1v) is 9.46. The fourth-order valence-corrected chi connectivity index (χ4v) is 3.71. The standard InChI is InChI=1S/C19H31N5O2/c1-13-14(2)20-16(18(25)23-10-7-19(3,26)8-11-23)21-17(13)24-9-6-15(12-24)22(4)5/h15,26H,6-12H2,1-5H3/t15-/m1/s1. The summed E-state index contributed by atoms with van der Waals surface area (Å²) in [4.78, 5) is 28.3. The molecule has 1 aromatic heterocycles. The van der Waals surface area contributed by atoms with Gasteiger partial charge in [0.25, 0.3) is 5.91 Å². The average molecular weight is 361 g/mol. The fraction of sp³-hybridized carbons (Fsp3) is 0.737. The molecule has 7 nitrogen and oxygen atoms in total. The first-order chi connectivity index (χ1) is 12.2. The van der Waals surface area contributed by atoms with E-state index in [0.29, 0.717) is 32.0 Å². The summed E-state index contributed by atoms with van der Waals surface area (Å²) in [5.74, 6) is 1.03. The van der Waals surface area contributed by atoms with Crippen molar-refractivity contribution in [1.82, 2.24) is 19.8 Å². The lowest BCUT2D eigenvalue weighted by molar-refractivity contribution is -0.00238. The van der Waals surface area contributed by atoms with E-state index in [1.807, 2.05) is 20.8 Å². The fourth-order valence-electron chi connectivity index (χ4n) is 3.71. The van der Waals surface area contributed by atoms with Crippen molar-refractivity contribution in [3.05, 3.63) is 17.1 Å². The van der Waals surface area contributed by atoms with Gasteiger partial charge in [-0.2, -0.15) is 0 Å². The maximum Gasteiger partial charge on any atom is 0.291 e. The van der Waals surface area contributed by atoms with E-state index in [0.717, 1.165) is 36.6 Å². The Hall–Kier alpha value is -1.73. The average Bonchev–Trinajstić information content (AvgIpc) is 3.06. The van der Waals surface area contributed by atoms with Crippen molar-refractivity contribution in [2.24, 2.45) is 0 Å². The second-order valence-electron chi connectivity index (χ2n) is 8.22. The Bertz CT molecular complexity index is 679. The second-order valence-corrected chi connectivity index (χ2v) is 8.22. The van der Waals surface area contributed by atoms with E-state index in [9.17, 15) is 9.90 Å². The van der Waals surface area contributed by atoms with Gasteiger partial charge in [0.05, 0.1) is 5.60 Å². The van der Waals surface area contributed by atoms with Crippen LogP contribution in [0.25, 0.3) is 0 Å². The van der Waals surface area contributed by atoms with Crippen molar-refractivity contribution in [2.45, 2.75) is 51.7 Å². The van der Waals surface area contributed by atoms with Crippen LogP contribution in [0.3, 0.4) is 0 Å². The first-order valence-electron chi connectivity index (χ1n) is 9.46. The molecule has 2 aliphatic rings. The Labute approximate surface area is 156 Å². The van der Waals surface area contributed by atoms with E-state index < -0.39 is 5.60 Å². The van der Waals surface area contributed by atoms with Gasteiger partial charge in [-0.05, 0) is 54.1 Å². The van der Waals surface area contributed by atoms with Crippen molar-refractivity contribution in [3.63, 3.8) is 0 Å². The summed E-state index contributed by atoms with van der Waals surface area (Å²) in [6, 6.07) is 0.508. The monoisotopic (exact) mass is 361 g/mol.